The van der Waals surface area contributed by atoms with E-state index >= 15 is 0 Å². The number of carbonyl (C=O) groups is 2. The van der Waals surface area contributed by atoms with E-state index in [9.17, 15) is 9.59 Å². The zero-order valence-electron chi connectivity index (χ0n) is 13.2. The van der Waals surface area contributed by atoms with E-state index in [1.54, 1.807) is 24.4 Å². The fraction of sp³-hybridized carbons (Fsp3) is 0.312. The molecule has 0 radical (unpaired) electrons. The molecule has 0 bridgehead atoms. The minimum absolute atomic E-state index is 0.131. The molecule has 3 rings (SSSR count). The normalized spacial score (nSPS) is 15.6. The number of rotatable bonds is 5. The molecule has 1 aromatic carbocycles. The average Bonchev–Trinajstić information content (AvgIpc) is 3.04. The monoisotopic (exact) mass is 442 g/mol. The number of aromatic amines is 1. The zero-order valence-corrected chi connectivity index (χ0v) is 16.8. The Morgan fingerprint density at radius 2 is 1.88 bits per heavy atom. The van der Waals surface area contributed by atoms with Crippen molar-refractivity contribution in [1.29, 1.82) is 0 Å². The predicted octanol–water partition coefficient (Wildman–Crippen LogP) is 1.10. The Bertz CT molecular complexity index is 770. The summed E-state index contributed by atoms with van der Waals surface area (Å²) in [6, 6.07) is 5.09. The molecule has 2 aromatic rings. The van der Waals surface area contributed by atoms with Crippen molar-refractivity contribution in [2.75, 3.05) is 13.1 Å². The Balaban J connectivity index is 1.73. The fourth-order valence-corrected chi connectivity index (χ4v) is 5.81. The molecule has 3 N–H and O–H groups in total. The van der Waals surface area contributed by atoms with Gasteiger partial charge in [0.15, 0.2) is 0 Å². The molecule has 0 aliphatic carbocycles. The third-order valence-corrected chi connectivity index (χ3v) is 6.96. The van der Waals surface area contributed by atoms with Crippen LogP contribution in [0.3, 0.4) is 0 Å². The summed E-state index contributed by atoms with van der Waals surface area (Å²) in [4.78, 5) is 25.1. The van der Waals surface area contributed by atoms with E-state index in [4.69, 9.17) is 23.2 Å². The van der Waals surface area contributed by atoms with Crippen LogP contribution >= 0.6 is 23.2 Å². The zero-order chi connectivity index (χ0) is 17.8. The first-order valence-electron chi connectivity index (χ1n) is 7.87. The molecule has 1 aromatic heterocycles. The van der Waals surface area contributed by atoms with Crippen LogP contribution in [0.15, 0.2) is 24.4 Å². The van der Waals surface area contributed by atoms with Crippen molar-refractivity contribution in [1.82, 2.24) is 20.8 Å². The number of hydrogen-bond acceptors (Lipinski definition) is 4. The molecule has 1 aliphatic rings. The molecule has 1 amide bonds. The summed E-state index contributed by atoms with van der Waals surface area (Å²) in [5.74, 6) is -0.245. The number of piperidine rings is 1. The Labute approximate surface area is 161 Å². The summed E-state index contributed by atoms with van der Waals surface area (Å²) in [7, 11) is 0. The van der Waals surface area contributed by atoms with Crippen LogP contribution in [-0.2, 0) is 0 Å². The summed E-state index contributed by atoms with van der Waals surface area (Å²) < 4.78 is 0.514. The number of H-pyrrole nitrogens is 1. The maximum atomic E-state index is 12.6. The Kier molecular flexibility index (Phi) is 6.18. The van der Waals surface area contributed by atoms with E-state index in [1.807, 2.05) is 0 Å². The molecule has 132 valence electrons. The molecule has 6 nitrogen and oxygen atoms in total. The molecule has 9 heteroatoms. The maximum absolute atomic E-state index is 12.6. The van der Waals surface area contributed by atoms with E-state index in [1.165, 1.54) is 0 Å². The van der Waals surface area contributed by atoms with Gasteiger partial charge in [0.2, 0.25) is 0 Å². The van der Waals surface area contributed by atoms with E-state index in [-0.39, 0.29) is 22.2 Å². The predicted molar refractivity (Wildman–Crippen MR) is 99.5 cm³/mol. The molecule has 25 heavy (non-hydrogen) atoms. The van der Waals surface area contributed by atoms with Gasteiger partial charge in [0.1, 0.15) is 0 Å². The first-order chi connectivity index (χ1) is 12.1. The third kappa shape index (κ3) is 4.45. The number of aromatic nitrogens is 2. The Morgan fingerprint density at radius 3 is 2.56 bits per heavy atom. The van der Waals surface area contributed by atoms with Crippen molar-refractivity contribution < 1.29 is 9.59 Å². The second-order valence-electron chi connectivity index (χ2n) is 5.70. The third-order valence-electron chi connectivity index (χ3n) is 3.97. The minimum atomic E-state index is -1.32. The summed E-state index contributed by atoms with van der Waals surface area (Å²) in [5.41, 5.74) is 0.604. The van der Waals surface area contributed by atoms with Crippen LogP contribution in [0.5, 0.6) is 0 Å². The van der Waals surface area contributed by atoms with Crippen molar-refractivity contribution in [3.63, 3.8) is 0 Å². The van der Waals surface area contributed by atoms with Crippen molar-refractivity contribution >= 4 is 53.8 Å². The first kappa shape index (κ1) is 18.5. The number of carbonyl (C=O) groups excluding carboxylic acids is 2. The molecular formula is C16H17AsCl2N4O2. The average molecular weight is 443 g/mol. The number of nitrogens with zero attached hydrogens (tertiary/aromatic N) is 1. The van der Waals surface area contributed by atoms with E-state index < -0.39 is 15.8 Å². The van der Waals surface area contributed by atoms with Gasteiger partial charge in [-0.2, -0.15) is 0 Å². The molecule has 2 heterocycles. The number of benzene rings is 1. The molecule has 1 aliphatic heterocycles. The van der Waals surface area contributed by atoms with Crippen LogP contribution in [0, 0.1) is 0 Å². The van der Waals surface area contributed by atoms with Crippen LogP contribution in [0.25, 0.3) is 0 Å². The molecular weight excluding hydrogens is 426 g/mol. The van der Waals surface area contributed by atoms with Gasteiger partial charge >= 0.3 is 162 Å². The molecule has 0 saturated carbocycles. The van der Waals surface area contributed by atoms with Crippen LogP contribution in [0.1, 0.15) is 33.7 Å². The van der Waals surface area contributed by atoms with Crippen LogP contribution < -0.4 is 15.0 Å². The van der Waals surface area contributed by atoms with E-state index in [0.29, 0.717) is 20.0 Å². The van der Waals surface area contributed by atoms with Crippen molar-refractivity contribution in [2.45, 2.75) is 18.9 Å². The molecule has 0 spiro atoms. The van der Waals surface area contributed by atoms with Crippen molar-refractivity contribution in [2.24, 2.45) is 0 Å². The van der Waals surface area contributed by atoms with E-state index in [2.05, 4.69) is 20.8 Å². The Morgan fingerprint density at radius 1 is 1.20 bits per heavy atom. The van der Waals surface area contributed by atoms with Gasteiger partial charge < -0.3 is 0 Å². The van der Waals surface area contributed by atoms with Gasteiger partial charge in [0.25, 0.3) is 0 Å². The van der Waals surface area contributed by atoms with E-state index in [0.717, 1.165) is 25.9 Å². The fourth-order valence-electron chi connectivity index (χ4n) is 2.68. The summed E-state index contributed by atoms with van der Waals surface area (Å²) in [6.07, 6.45) is 3.38. The van der Waals surface area contributed by atoms with Crippen LogP contribution in [0.4, 0.5) is 0 Å². The number of hydrogen-bond donors (Lipinski definition) is 3. The van der Waals surface area contributed by atoms with Crippen molar-refractivity contribution in [3.8, 4) is 0 Å². The quantitative estimate of drug-likeness (QED) is 0.605. The van der Waals surface area contributed by atoms with Gasteiger partial charge in [-0.05, 0) is 0 Å². The van der Waals surface area contributed by atoms with Gasteiger partial charge in [-0.25, -0.2) is 0 Å². The van der Waals surface area contributed by atoms with Gasteiger partial charge in [-0.15, -0.1) is 0 Å². The number of nitrogens with one attached hydrogen (secondary N) is 3. The molecule has 1 fully saturated rings. The molecule has 1 atom stereocenters. The number of halogens is 2. The number of amides is 1. The summed E-state index contributed by atoms with van der Waals surface area (Å²) >= 11 is 10.9. The summed E-state index contributed by atoms with van der Waals surface area (Å²) in [5, 5.41) is 13.6. The molecule has 1 unspecified atom stereocenters. The van der Waals surface area contributed by atoms with Gasteiger partial charge in [-0.1, -0.05) is 0 Å². The van der Waals surface area contributed by atoms with Crippen LogP contribution in [0.2, 0.25) is 10.0 Å². The van der Waals surface area contributed by atoms with Crippen molar-refractivity contribution in [3.05, 3.63) is 45.7 Å². The first-order valence-corrected chi connectivity index (χ1v) is 10.7. The Hall–Kier alpha value is -1.33. The second-order valence-corrected chi connectivity index (χ2v) is 9.12. The SMILES string of the molecule is O=C(NC1CCNCC1)c1n[nH]cc1[AsH]C(=O)c1c(Cl)cccc1Cl. The van der Waals surface area contributed by atoms with Crippen LogP contribution in [-0.4, -0.2) is 55.6 Å². The standard InChI is InChI=1S/C16H17AsCl2N4O2/c18-11-2-1-3-12(19)13(11)15(24)17-10-8-21-23-14(10)16(25)22-9-4-6-20-7-5-9/h1-3,8-9,17,20H,4-7H2,(H,21,23)(H,22,25). The van der Waals surface area contributed by atoms with Gasteiger partial charge in [-0.3, -0.25) is 0 Å². The molecule has 1 saturated heterocycles. The van der Waals surface area contributed by atoms with Gasteiger partial charge in [0.05, 0.1) is 0 Å². The van der Waals surface area contributed by atoms with Gasteiger partial charge in [0, 0.05) is 0 Å². The summed E-state index contributed by atoms with van der Waals surface area (Å²) in [6.45, 7) is 1.77. The topological polar surface area (TPSA) is 86.9 Å². The second kappa shape index (κ2) is 8.37.